The fraction of sp³-hybridized carbons (Fsp3) is 0.304. The highest BCUT2D eigenvalue weighted by Crippen LogP contribution is 2.33. The number of hydrogen-bond donors (Lipinski definition) is 1. The van der Waals surface area contributed by atoms with Gasteiger partial charge in [-0.05, 0) is 37.9 Å². The number of phenolic OH excluding ortho intramolecular Hbond substituents is 1. The normalized spacial score (nSPS) is 14.5. The highest BCUT2D eigenvalue weighted by atomic mass is 35.5. The number of phenols is 1. The van der Waals surface area contributed by atoms with Gasteiger partial charge in [0.2, 0.25) is 5.91 Å². The van der Waals surface area contributed by atoms with Crippen LogP contribution in [0.25, 0.3) is 16.6 Å². The van der Waals surface area contributed by atoms with E-state index in [9.17, 15) is 9.90 Å². The highest BCUT2D eigenvalue weighted by Gasteiger charge is 2.30. The third-order valence-electron chi connectivity index (χ3n) is 5.24. The standard InChI is InChI=1S/C23H25ClN4O3/c1-26(2)7-3-4-23(30)27-11-16(12-27)14-31-22-9-18(13-28-15-25-10-20(22)28)17-5-6-21(29)19(24)8-17/h3-6,8-10,13,15-16,29H,7,11-12,14H2,1-2H3/b4-3+. The van der Waals surface area contributed by atoms with Gasteiger partial charge in [0, 0.05) is 43.4 Å². The van der Waals surface area contributed by atoms with Crippen molar-refractivity contribution in [1.82, 2.24) is 19.2 Å². The second-order valence-corrected chi connectivity index (χ2v) is 8.44. The second kappa shape index (κ2) is 8.99. The van der Waals surface area contributed by atoms with Gasteiger partial charge in [0.15, 0.2) is 0 Å². The Morgan fingerprint density at radius 2 is 2.13 bits per heavy atom. The maximum atomic E-state index is 12.2. The van der Waals surface area contributed by atoms with Crippen LogP contribution in [0.4, 0.5) is 0 Å². The first kappa shape index (κ1) is 21.2. The molecule has 0 spiro atoms. The second-order valence-electron chi connectivity index (χ2n) is 8.03. The van der Waals surface area contributed by atoms with Crippen LogP contribution in [-0.2, 0) is 4.79 Å². The largest absolute Gasteiger partial charge is 0.506 e. The fourth-order valence-electron chi connectivity index (χ4n) is 3.49. The van der Waals surface area contributed by atoms with E-state index >= 15 is 0 Å². The summed E-state index contributed by atoms with van der Waals surface area (Å²) >= 11 is 6.08. The Balaban J connectivity index is 1.41. The van der Waals surface area contributed by atoms with Crippen molar-refractivity contribution in [3.8, 4) is 22.6 Å². The first-order valence-electron chi connectivity index (χ1n) is 10.1. The lowest BCUT2D eigenvalue weighted by atomic mass is 10.0. The lowest BCUT2D eigenvalue weighted by molar-refractivity contribution is -0.132. The number of amides is 1. The van der Waals surface area contributed by atoms with E-state index in [0.717, 1.165) is 28.9 Å². The van der Waals surface area contributed by atoms with E-state index in [0.29, 0.717) is 30.6 Å². The van der Waals surface area contributed by atoms with Crippen LogP contribution in [0.15, 0.2) is 55.1 Å². The number of carbonyl (C=O) groups excluding carboxylic acids is 1. The van der Waals surface area contributed by atoms with Crippen LogP contribution in [0.3, 0.4) is 0 Å². The number of aromatic nitrogens is 2. The SMILES string of the molecule is CN(C)C/C=C/C(=O)N1CC(COc2cc(-c3ccc(O)c(Cl)c3)cn3cncc23)C1. The molecule has 1 aliphatic heterocycles. The van der Waals surface area contributed by atoms with Crippen molar-refractivity contribution in [2.45, 2.75) is 0 Å². The smallest absolute Gasteiger partial charge is 0.246 e. The molecular formula is C23H25ClN4O3. The zero-order valence-corrected chi connectivity index (χ0v) is 18.3. The molecule has 0 atom stereocenters. The summed E-state index contributed by atoms with van der Waals surface area (Å²) in [5.74, 6) is 1.10. The number of aromatic hydroxyl groups is 1. The number of halogens is 1. The van der Waals surface area contributed by atoms with Gasteiger partial charge in [-0.25, -0.2) is 4.98 Å². The average Bonchev–Trinajstić information content (AvgIpc) is 3.17. The lowest BCUT2D eigenvalue weighted by Crippen LogP contribution is -2.51. The number of ether oxygens (including phenoxy) is 1. The van der Waals surface area contributed by atoms with Gasteiger partial charge in [0.1, 0.15) is 17.0 Å². The number of nitrogens with zero attached hydrogens (tertiary/aromatic N) is 4. The lowest BCUT2D eigenvalue weighted by Gasteiger charge is -2.38. The fourth-order valence-corrected chi connectivity index (χ4v) is 3.67. The van der Waals surface area contributed by atoms with Crippen LogP contribution in [0.1, 0.15) is 0 Å². The Hall–Kier alpha value is -3.03. The maximum absolute atomic E-state index is 12.2. The summed E-state index contributed by atoms with van der Waals surface area (Å²) in [6, 6.07) is 7.05. The number of fused-ring (bicyclic) bond motifs is 1. The Labute approximate surface area is 186 Å². The molecular weight excluding hydrogens is 416 g/mol. The summed E-state index contributed by atoms with van der Waals surface area (Å²) in [6.45, 7) is 2.64. The Kier molecular flexibility index (Phi) is 6.15. The van der Waals surface area contributed by atoms with Crippen molar-refractivity contribution >= 4 is 23.0 Å². The molecule has 1 amide bonds. The van der Waals surface area contributed by atoms with Gasteiger partial charge in [0.05, 0.1) is 24.2 Å². The summed E-state index contributed by atoms with van der Waals surface area (Å²) in [4.78, 5) is 20.2. The van der Waals surface area contributed by atoms with Crippen molar-refractivity contribution in [2.24, 2.45) is 5.92 Å². The number of imidazole rings is 1. The predicted octanol–water partition coefficient (Wildman–Crippen LogP) is 3.32. The molecule has 1 saturated heterocycles. The topological polar surface area (TPSA) is 70.3 Å². The van der Waals surface area contributed by atoms with Gasteiger partial charge in [-0.3, -0.25) is 4.79 Å². The maximum Gasteiger partial charge on any atom is 0.246 e. The molecule has 3 aromatic rings. The van der Waals surface area contributed by atoms with Crippen LogP contribution < -0.4 is 4.74 Å². The number of likely N-dealkylation sites (tertiary alicyclic amines) is 1. The summed E-state index contributed by atoms with van der Waals surface area (Å²) in [5, 5.41) is 9.99. The third-order valence-corrected chi connectivity index (χ3v) is 5.54. The minimum absolute atomic E-state index is 0.0440. The van der Waals surface area contributed by atoms with Crippen LogP contribution in [0.5, 0.6) is 11.5 Å². The van der Waals surface area contributed by atoms with E-state index in [4.69, 9.17) is 16.3 Å². The molecule has 0 bridgehead atoms. The molecule has 8 heteroatoms. The predicted molar refractivity (Wildman–Crippen MR) is 121 cm³/mol. The molecule has 2 aromatic heterocycles. The van der Waals surface area contributed by atoms with Gasteiger partial charge in [0.25, 0.3) is 0 Å². The molecule has 0 radical (unpaired) electrons. The van der Waals surface area contributed by atoms with Gasteiger partial charge in [-0.15, -0.1) is 0 Å². The van der Waals surface area contributed by atoms with E-state index in [2.05, 4.69) is 4.98 Å². The molecule has 0 aliphatic carbocycles. The van der Waals surface area contributed by atoms with Crippen molar-refractivity contribution in [3.63, 3.8) is 0 Å². The molecule has 7 nitrogen and oxygen atoms in total. The Bertz CT molecular complexity index is 1120. The minimum Gasteiger partial charge on any atom is -0.506 e. The summed E-state index contributed by atoms with van der Waals surface area (Å²) in [7, 11) is 3.93. The van der Waals surface area contributed by atoms with Crippen LogP contribution in [0.2, 0.25) is 5.02 Å². The van der Waals surface area contributed by atoms with Crippen LogP contribution in [-0.4, -0.2) is 70.5 Å². The number of rotatable bonds is 7. The quantitative estimate of drug-likeness (QED) is 0.571. The van der Waals surface area contributed by atoms with E-state index in [1.807, 2.05) is 52.7 Å². The number of hydrogen-bond acceptors (Lipinski definition) is 5. The molecule has 1 aliphatic rings. The zero-order chi connectivity index (χ0) is 22.0. The molecule has 0 unspecified atom stereocenters. The van der Waals surface area contributed by atoms with Crippen molar-refractivity contribution < 1.29 is 14.6 Å². The van der Waals surface area contributed by atoms with Gasteiger partial charge in [-0.2, -0.15) is 0 Å². The van der Waals surface area contributed by atoms with E-state index in [1.165, 1.54) is 0 Å². The molecule has 1 aromatic carbocycles. The molecule has 0 saturated carbocycles. The number of carbonyl (C=O) groups is 1. The first-order chi connectivity index (χ1) is 14.9. The van der Waals surface area contributed by atoms with Gasteiger partial charge >= 0.3 is 0 Å². The van der Waals surface area contributed by atoms with Crippen LogP contribution in [0, 0.1) is 5.92 Å². The molecule has 31 heavy (non-hydrogen) atoms. The summed E-state index contributed by atoms with van der Waals surface area (Å²) < 4.78 is 8.03. The molecule has 4 rings (SSSR count). The van der Waals surface area contributed by atoms with E-state index in [1.54, 1.807) is 30.7 Å². The number of likely N-dealkylation sites (N-methyl/N-ethyl adjacent to an activating group) is 1. The average molecular weight is 441 g/mol. The van der Waals surface area contributed by atoms with Crippen molar-refractivity contribution in [1.29, 1.82) is 0 Å². The Morgan fingerprint density at radius 3 is 2.87 bits per heavy atom. The van der Waals surface area contributed by atoms with Crippen molar-refractivity contribution in [3.05, 3.63) is 60.2 Å². The zero-order valence-electron chi connectivity index (χ0n) is 17.5. The summed E-state index contributed by atoms with van der Waals surface area (Å²) in [6.07, 6.45) is 8.94. The molecule has 1 fully saturated rings. The molecule has 3 heterocycles. The van der Waals surface area contributed by atoms with E-state index in [-0.39, 0.29) is 11.7 Å². The third kappa shape index (κ3) is 4.84. The van der Waals surface area contributed by atoms with Gasteiger partial charge < -0.3 is 24.0 Å². The molecule has 162 valence electrons. The van der Waals surface area contributed by atoms with E-state index < -0.39 is 0 Å². The summed E-state index contributed by atoms with van der Waals surface area (Å²) in [5.41, 5.74) is 2.64. The first-order valence-corrected chi connectivity index (χ1v) is 10.5. The number of pyridine rings is 1. The minimum atomic E-state index is 0.0440. The monoisotopic (exact) mass is 440 g/mol. The highest BCUT2D eigenvalue weighted by molar-refractivity contribution is 6.32. The van der Waals surface area contributed by atoms with Crippen molar-refractivity contribution in [2.75, 3.05) is 40.3 Å². The molecule has 1 N–H and O–H groups in total. The van der Waals surface area contributed by atoms with Gasteiger partial charge in [-0.1, -0.05) is 23.7 Å². The number of benzene rings is 1. The van der Waals surface area contributed by atoms with Crippen LogP contribution >= 0.6 is 11.6 Å². The Morgan fingerprint density at radius 1 is 1.32 bits per heavy atom.